The minimum absolute atomic E-state index is 0.265. The van der Waals surface area contributed by atoms with E-state index in [1.54, 1.807) is 0 Å². The van der Waals surface area contributed by atoms with Gasteiger partial charge in [-0.05, 0) is 38.6 Å². The molecule has 1 aromatic rings. The second kappa shape index (κ2) is 6.39. The Morgan fingerprint density at radius 3 is 3.05 bits per heavy atom. The number of carboxylic acid groups (broad SMARTS) is 1. The molecule has 1 aliphatic heterocycles. The Labute approximate surface area is 117 Å². The molecular weight excluding hydrogens is 266 g/mol. The summed E-state index contributed by atoms with van der Waals surface area (Å²) in [7, 11) is 0. The maximum atomic E-state index is 10.6. The highest BCUT2D eigenvalue weighted by molar-refractivity contribution is 6.31. The number of nitrogens with one attached hydrogen (secondary N) is 1. The van der Waals surface area contributed by atoms with E-state index in [-0.39, 0.29) is 6.42 Å². The zero-order valence-corrected chi connectivity index (χ0v) is 11.9. The number of aliphatic carboxylic acids is 1. The summed E-state index contributed by atoms with van der Waals surface area (Å²) in [5.41, 5.74) is 1.79. The molecule has 0 aromatic carbocycles. The average Bonchev–Trinajstić information content (AvgIpc) is 2.69. The highest BCUT2D eigenvalue weighted by Gasteiger charge is 2.22. The van der Waals surface area contributed by atoms with Crippen LogP contribution in [0.25, 0.3) is 0 Å². The van der Waals surface area contributed by atoms with Crippen LogP contribution < -0.4 is 0 Å². The Morgan fingerprint density at radius 1 is 1.63 bits per heavy atom. The minimum atomic E-state index is -0.705. The van der Waals surface area contributed by atoms with Crippen LogP contribution >= 0.6 is 11.6 Å². The number of hydrogen-bond donors (Lipinski definition) is 2. The second-order valence-corrected chi connectivity index (χ2v) is 5.66. The van der Waals surface area contributed by atoms with Crippen molar-refractivity contribution in [3.63, 3.8) is 0 Å². The van der Waals surface area contributed by atoms with Crippen molar-refractivity contribution in [2.45, 2.75) is 39.2 Å². The topological polar surface area (TPSA) is 69.2 Å². The molecule has 0 saturated carbocycles. The van der Waals surface area contributed by atoms with Gasteiger partial charge < -0.3 is 5.11 Å². The first-order valence-electron chi connectivity index (χ1n) is 6.69. The molecule has 1 fully saturated rings. The zero-order chi connectivity index (χ0) is 13.8. The van der Waals surface area contributed by atoms with Gasteiger partial charge in [0, 0.05) is 19.5 Å². The van der Waals surface area contributed by atoms with Crippen LogP contribution in [0.5, 0.6) is 0 Å². The molecule has 19 heavy (non-hydrogen) atoms. The van der Waals surface area contributed by atoms with E-state index in [4.69, 9.17) is 16.7 Å². The second-order valence-electron chi connectivity index (χ2n) is 5.29. The van der Waals surface area contributed by atoms with Crippen LogP contribution in [0.2, 0.25) is 5.02 Å². The van der Waals surface area contributed by atoms with Gasteiger partial charge in [0.2, 0.25) is 0 Å². The Morgan fingerprint density at radius 2 is 2.42 bits per heavy atom. The van der Waals surface area contributed by atoms with Gasteiger partial charge in [-0.3, -0.25) is 14.8 Å². The third-order valence-corrected chi connectivity index (χ3v) is 4.19. The zero-order valence-electron chi connectivity index (χ0n) is 11.2. The number of hydrogen-bond acceptors (Lipinski definition) is 3. The number of likely N-dealkylation sites (tertiary alicyclic amines) is 1. The number of halogens is 1. The van der Waals surface area contributed by atoms with E-state index in [1.807, 2.05) is 6.92 Å². The summed E-state index contributed by atoms with van der Waals surface area (Å²) in [6, 6.07) is 0. The van der Waals surface area contributed by atoms with Crippen molar-refractivity contribution in [3.8, 4) is 0 Å². The van der Waals surface area contributed by atoms with Crippen molar-refractivity contribution >= 4 is 17.6 Å². The predicted octanol–water partition coefficient (Wildman–Crippen LogP) is 2.45. The van der Waals surface area contributed by atoms with Gasteiger partial charge in [0.25, 0.3) is 0 Å². The molecule has 0 aliphatic carbocycles. The molecule has 1 aliphatic rings. The van der Waals surface area contributed by atoms with E-state index in [0.717, 1.165) is 50.3 Å². The Hall–Kier alpha value is -1.07. The molecule has 6 heteroatoms. The summed E-state index contributed by atoms with van der Waals surface area (Å²) in [4.78, 5) is 12.9. The van der Waals surface area contributed by atoms with Crippen LogP contribution in [0, 0.1) is 12.8 Å². The maximum Gasteiger partial charge on any atom is 0.303 e. The van der Waals surface area contributed by atoms with Gasteiger partial charge in [0.05, 0.1) is 16.4 Å². The lowest BCUT2D eigenvalue weighted by Crippen LogP contribution is -2.35. The molecule has 1 saturated heterocycles. The summed E-state index contributed by atoms with van der Waals surface area (Å²) in [5.74, 6) is -0.230. The largest absolute Gasteiger partial charge is 0.481 e. The van der Waals surface area contributed by atoms with Gasteiger partial charge in [0.1, 0.15) is 0 Å². The molecule has 106 valence electrons. The summed E-state index contributed by atoms with van der Waals surface area (Å²) in [6.45, 7) is 4.62. The fourth-order valence-electron chi connectivity index (χ4n) is 2.64. The first-order valence-corrected chi connectivity index (χ1v) is 7.07. The van der Waals surface area contributed by atoms with Crippen LogP contribution in [0.4, 0.5) is 0 Å². The van der Waals surface area contributed by atoms with Gasteiger partial charge in [-0.1, -0.05) is 11.6 Å². The SMILES string of the molecule is Cc1[nH]nc(CN2CCC[C@@H](CCC(=O)O)C2)c1Cl. The highest BCUT2D eigenvalue weighted by atomic mass is 35.5. The number of piperidine rings is 1. The van der Waals surface area contributed by atoms with E-state index >= 15 is 0 Å². The Kier molecular flexibility index (Phi) is 4.82. The number of H-pyrrole nitrogens is 1. The van der Waals surface area contributed by atoms with Crippen molar-refractivity contribution in [2.24, 2.45) is 5.92 Å². The van der Waals surface area contributed by atoms with E-state index in [9.17, 15) is 4.79 Å². The fraction of sp³-hybridized carbons (Fsp3) is 0.692. The summed E-state index contributed by atoms with van der Waals surface area (Å²) < 4.78 is 0. The third kappa shape index (κ3) is 3.94. The smallest absolute Gasteiger partial charge is 0.303 e. The van der Waals surface area contributed by atoms with Crippen molar-refractivity contribution in [1.82, 2.24) is 15.1 Å². The number of carboxylic acids is 1. The predicted molar refractivity (Wildman–Crippen MR) is 73.2 cm³/mol. The lowest BCUT2D eigenvalue weighted by molar-refractivity contribution is -0.137. The highest BCUT2D eigenvalue weighted by Crippen LogP contribution is 2.24. The number of rotatable bonds is 5. The molecule has 0 bridgehead atoms. The van der Waals surface area contributed by atoms with Crippen LogP contribution in [-0.4, -0.2) is 39.3 Å². The molecule has 2 heterocycles. The van der Waals surface area contributed by atoms with E-state index < -0.39 is 5.97 Å². The number of aromatic amines is 1. The lowest BCUT2D eigenvalue weighted by Gasteiger charge is -2.32. The summed E-state index contributed by atoms with van der Waals surface area (Å²) in [6.07, 6.45) is 3.27. The van der Waals surface area contributed by atoms with Gasteiger partial charge >= 0.3 is 5.97 Å². The first-order chi connectivity index (χ1) is 9.06. The molecule has 0 radical (unpaired) electrons. The molecule has 1 aromatic heterocycles. The fourth-order valence-corrected chi connectivity index (χ4v) is 2.78. The van der Waals surface area contributed by atoms with Crippen molar-refractivity contribution in [3.05, 3.63) is 16.4 Å². The normalized spacial score (nSPS) is 20.6. The van der Waals surface area contributed by atoms with E-state index in [2.05, 4.69) is 15.1 Å². The number of aromatic nitrogens is 2. The van der Waals surface area contributed by atoms with Gasteiger partial charge in [0.15, 0.2) is 0 Å². The van der Waals surface area contributed by atoms with E-state index in [0.29, 0.717) is 10.9 Å². The standard InChI is InChI=1S/C13H20ClN3O2/c1-9-13(14)11(16-15-9)8-17-6-2-3-10(7-17)4-5-12(18)19/h10H,2-8H2,1H3,(H,15,16)(H,18,19)/t10-/m0/s1. The summed E-state index contributed by atoms with van der Waals surface area (Å²) in [5, 5.41) is 16.6. The van der Waals surface area contributed by atoms with Crippen LogP contribution in [-0.2, 0) is 11.3 Å². The van der Waals surface area contributed by atoms with E-state index in [1.165, 1.54) is 0 Å². The van der Waals surface area contributed by atoms with Crippen molar-refractivity contribution < 1.29 is 9.90 Å². The van der Waals surface area contributed by atoms with Crippen molar-refractivity contribution in [1.29, 1.82) is 0 Å². The molecule has 2 rings (SSSR count). The minimum Gasteiger partial charge on any atom is -0.481 e. The lowest BCUT2D eigenvalue weighted by atomic mass is 9.93. The molecule has 0 unspecified atom stereocenters. The Bertz CT molecular complexity index is 447. The third-order valence-electron chi connectivity index (χ3n) is 3.68. The molecule has 0 spiro atoms. The molecular formula is C13H20ClN3O2. The van der Waals surface area contributed by atoms with Gasteiger partial charge in [-0.15, -0.1) is 0 Å². The van der Waals surface area contributed by atoms with Gasteiger partial charge in [-0.2, -0.15) is 5.10 Å². The van der Waals surface area contributed by atoms with Crippen LogP contribution in [0.1, 0.15) is 37.1 Å². The van der Waals surface area contributed by atoms with Crippen molar-refractivity contribution in [2.75, 3.05) is 13.1 Å². The molecule has 0 amide bonds. The quantitative estimate of drug-likeness (QED) is 0.872. The summed E-state index contributed by atoms with van der Waals surface area (Å²) >= 11 is 6.17. The van der Waals surface area contributed by atoms with Crippen LogP contribution in [0.15, 0.2) is 0 Å². The number of aryl methyl sites for hydroxylation is 1. The van der Waals surface area contributed by atoms with Gasteiger partial charge in [-0.25, -0.2) is 0 Å². The monoisotopic (exact) mass is 285 g/mol. The number of nitrogens with zero attached hydrogens (tertiary/aromatic N) is 2. The average molecular weight is 286 g/mol. The molecule has 1 atom stereocenters. The molecule has 5 nitrogen and oxygen atoms in total. The maximum absolute atomic E-state index is 10.6. The number of carbonyl (C=O) groups is 1. The van der Waals surface area contributed by atoms with Crippen LogP contribution in [0.3, 0.4) is 0 Å². The molecule has 2 N–H and O–H groups in total. The Balaban J connectivity index is 1.87. The first kappa shape index (κ1) is 14.3.